The van der Waals surface area contributed by atoms with Crippen molar-refractivity contribution in [1.82, 2.24) is 25.0 Å². The van der Waals surface area contributed by atoms with E-state index in [0.717, 1.165) is 18.7 Å². The third kappa shape index (κ3) is 7.67. The van der Waals surface area contributed by atoms with Crippen LogP contribution in [0.1, 0.15) is 68.3 Å². The van der Waals surface area contributed by atoms with E-state index in [9.17, 15) is 27.9 Å². The first-order valence-corrected chi connectivity index (χ1v) is 20.0. The molecule has 2 saturated carbocycles. The normalized spacial score (nSPS) is 24.6. The van der Waals surface area contributed by atoms with Crippen LogP contribution in [0.15, 0.2) is 18.3 Å². The van der Waals surface area contributed by atoms with Gasteiger partial charge in [0.25, 0.3) is 5.91 Å². The Morgan fingerprint density at radius 2 is 1.83 bits per heavy atom. The molecule has 0 radical (unpaired) electrons. The average Bonchev–Trinajstić information content (AvgIpc) is 3.42. The van der Waals surface area contributed by atoms with Crippen LogP contribution in [0.4, 0.5) is 17.6 Å². The molecule has 2 N–H and O–H groups in total. The van der Waals surface area contributed by atoms with Crippen molar-refractivity contribution in [3.05, 3.63) is 29.8 Å². The maximum absolute atomic E-state index is 15.1. The van der Waals surface area contributed by atoms with E-state index in [0.29, 0.717) is 44.5 Å². The predicted octanol–water partition coefficient (Wildman–Crippen LogP) is 5.53. The molecule has 1 saturated heterocycles. The first-order chi connectivity index (χ1) is 22.0. The molecule has 10 nitrogen and oxygen atoms in total. The van der Waals surface area contributed by atoms with E-state index >= 15 is 4.39 Å². The summed E-state index contributed by atoms with van der Waals surface area (Å²) < 4.78 is 67.3. The highest BCUT2D eigenvalue weighted by Crippen LogP contribution is 2.47. The van der Waals surface area contributed by atoms with Gasteiger partial charge in [0, 0.05) is 50.4 Å². The molecule has 1 spiro atoms. The van der Waals surface area contributed by atoms with Gasteiger partial charge in [-0.25, -0.2) is 14.1 Å². The van der Waals surface area contributed by atoms with Gasteiger partial charge in [-0.05, 0) is 69.9 Å². The second-order valence-corrected chi connectivity index (χ2v) is 20.1. The van der Waals surface area contributed by atoms with Crippen LogP contribution in [0.5, 0.6) is 5.88 Å². The molecule has 260 valence electrons. The quantitative estimate of drug-likeness (QED) is 0.192. The molecule has 5 rings (SSSR count). The highest BCUT2D eigenvalue weighted by atomic mass is 28.3. The fourth-order valence-electron chi connectivity index (χ4n) is 6.87. The number of amides is 2. The number of piperidine rings is 1. The van der Waals surface area contributed by atoms with Gasteiger partial charge in [0.1, 0.15) is 6.73 Å². The summed E-state index contributed by atoms with van der Waals surface area (Å²) in [5.74, 6) is -1.33. The number of rotatable bonds is 10. The third-order valence-electron chi connectivity index (χ3n) is 10.0. The van der Waals surface area contributed by atoms with E-state index in [2.05, 4.69) is 35.0 Å². The largest absolute Gasteiger partial charge is 0.481 e. The fourth-order valence-corrected chi connectivity index (χ4v) is 7.62. The fraction of sp³-hybridized carbons (Fsp3) is 0.688. The molecular formula is C32H45F4N5O5Si. The topological polar surface area (TPSA) is 119 Å². The Kier molecular flexibility index (Phi) is 10.1. The van der Waals surface area contributed by atoms with Crippen molar-refractivity contribution < 1.29 is 41.7 Å². The van der Waals surface area contributed by atoms with Gasteiger partial charge < -0.3 is 24.8 Å². The monoisotopic (exact) mass is 683 g/mol. The minimum absolute atomic E-state index is 0.0199. The number of halogens is 4. The van der Waals surface area contributed by atoms with Crippen molar-refractivity contribution in [2.45, 2.75) is 114 Å². The Hall–Kier alpha value is -3.04. The van der Waals surface area contributed by atoms with E-state index in [1.54, 1.807) is 11.0 Å². The minimum atomic E-state index is -4.70. The van der Waals surface area contributed by atoms with Gasteiger partial charge in [-0.3, -0.25) is 9.59 Å². The zero-order valence-electron chi connectivity index (χ0n) is 27.5. The van der Waals surface area contributed by atoms with E-state index in [4.69, 9.17) is 9.47 Å². The van der Waals surface area contributed by atoms with Crippen molar-refractivity contribution in [3.8, 4) is 17.1 Å². The highest BCUT2D eigenvalue weighted by Gasteiger charge is 2.55. The van der Waals surface area contributed by atoms with Crippen LogP contribution in [0.25, 0.3) is 11.3 Å². The summed E-state index contributed by atoms with van der Waals surface area (Å²) in [6, 6.07) is 3.49. The second kappa shape index (κ2) is 13.5. The zero-order valence-corrected chi connectivity index (χ0v) is 28.5. The number of hydrogen-bond donors (Lipinski definition) is 2. The van der Waals surface area contributed by atoms with Gasteiger partial charge in [0.15, 0.2) is 17.1 Å². The van der Waals surface area contributed by atoms with Gasteiger partial charge >= 0.3 is 6.18 Å². The first kappa shape index (κ1) is 35.3. The SMILES string of the molecule is COc1cc(-c2cc(C(=O)N3CCC(C(=O)N[C@H]4CC[C@@](O)(C(F)(F)F)CC4)CC34CCC4)nn2COCC[Si](C)(C)C)c(F)cn1. The Bertz CT molecular complexity index is 1450. The van der Waals surface area contributed by atoms with E-state index in [-0.39, 0.29) is 48.5 Å². The smallest absolute Gasteiger partial charge is 0.417 e. The molecule has 1 aliphatic heterocycles. The summed E-state index contributed by atoms with van der Waals surface area (Å²) in [6.45, 7) is 7.54. The van der Waals surface area contributed by atoms with Gasteiger partial charge in [-0.15, -0.1) is 0 Å². The minimum Gasteiger partial charge on any atom is -0.481 e. The molecule has 3 aliphatic rings. The summed E-state index contributed by atoms with van der Waals surface area (Å²) in [5, 5.41) is 17.5. The average molecular weight is 684 g/mol. The molecule has 15 heteroatoms. The number of methoxy groups -OCH3 is 1. The molecule has 0 bridgehead atoms. The summed E-state index contributed by atoms with van der Waals surface area (Å²) in [6.07, 6.45) is -1.31. The van der Waals surface area contributed by atoms with Gasteiger partial charge in [0.05, 0.1) is 19.0 Å². The molecule has 2 aromatic rings. The van der Waals surface area contributed by atoms with Crippen LogP contribution in [-0.2, 0) is 16.3 Å². The molecule has 47 heavy (non-hydrogen) atoms. The highest BCUT2D eigenvalue weighted by molar-refractivity contribution is 6.76. The lowest BCUT2D eigenvalue weighted by molar-refractivity contribution is -0.270. The van der Waals surface area contributed by atoms with E-state index in [1.807, 2.05) is 0 Å². The molecular weight excluding hydrogens is 638 g/mol. The van der Waals surface area contributed by atoms with E-state index < -0.39 is 56.0 Å². The van der Waals surface area contributed by atoms with Crippen molar-refractivity contribution >= 4 is 19.9 Å². The van der Waals surface area contributed by atoms with Crippen LogP contribution in [0.3, 0.4) is 0 Å². The lowest BCUT2D eigenvalue weighted by Gasteiger charge is -2.54. The summed E-state index contributed by atoms with van der Waals surface area (Å²) >= 11 is 0. The van der Waals surface area contributed by atoms with Crippen LogP contribution in [0, 0.1) is 11.7 Å². The number of likely N-dealkylation sites (tertiary alicyclic amines) is 1. The first-order valence-electron chi connectivity index (χ1n) is 16.3. The molecule has 1 unspecified atom stereocenters. The van der Waals surface area contributed by atoms with Crippen molar-refractivity contribution in [2.24, 2.45) is 5.92 Å². The number of pyridine rings is 1. The predicted molar refractivity (Wildman–Crippen MR) is 168 cm³/mol. The van der Waals surface area contributed by atoms with Gasteiger partial charge in [-0.2, -0.15) is 18.3 Å². The lowest BCUT2D eigenvalue weighted by Crippen LogP contribution is -2.62. The molecule has 2 aliphatic carbocycles. The van der Waals surface area contributed by atoms with Gasteiger partial charge in [-0.1, -0.05) is 19.6 Å². The number of alkyl halides is 3. The summed E-state index contributed by atoms with van der Waals surface area (Å²) in [4.78, 5) is 33.1. The number of nitrogens with zero attached hydrogens (tertiary/aromatic N) is 4. The number of carbonyl (C=O) groups is 2. The summed E-state index contributed by atoms with van der Waals surface area (Å²) in [5.41, 5.74) is -2.59. The number of ether oxygens (including phenoxy) is 2. The Labute approximate surface area is 273 Å². The van der Waals surface area contributed by atoms with Crippen molar-refractivity contribution in [1.29, 1.82) is 0 Å². The zero-order chi connectivity index (χ0) is 34.2. The van der Waals surface area contributed by atoms with Crippen LogP contribution in [-0.4, -0.2) is 88.3 Å². The van der Waals surface area contributed by atoms with E-state index in [1.165, 1.54) is 17.9 Å². The van der Waals surface area contributed by atoms with Crippen LogP contribution < -0.4 is 10.1 Å². The molecule has 2 aromatic heterocycles. The Morgan fingerprint density at radius 3 is 2.43 bits per heavy atom. The molecule has 2 amide bonds. The van der Waals surface area contributed by atoms with Crippen LogP contribution in [0.2, 0.25) is 25.7 Å². The van der Waals surface area contributed by atoms with Gasteiger partial charge in [0.2, 0.25) is 11.8 Å². The third-order valence-corrected chi connectivity index (χ3v) is 11.7. The number of aliphatic hydroxyl groups is 1. The lowest BCUT2D eigenvalue weighted by atomic mass is 9.66. The van der Waals surface area contributed by atoms with Crippen molar-refractivity contribution in [2.75, 3.05) is 20.3 Å². The number of hydrogen-bond acceptors (Lipinski definition) is 7. The van der Waals surface area contributed by atoms with Crippen LogP contribution >= 0.6 is 0 Å². The summed E-state index contributed by atoms with van der Waals surface area (Å²) in [7, 11) is 0.0682. The maximum Gasteiger partial charge on any atom is 0.417 e. The Morgan fingerprint density at radius 1 is 1.13 bits per heavy atom. The molecule has 0 aromatic carbocycles. The molecule has 3 heterocycles. The Balaban J connectivity index is 1.30. The van der Waals surface area contributed by atoms with Crippen molar-refractivity contribution in [3.63, 3.8) is 0 Å². The second-order valence-electron chi connectivity index (χ2n) is 14.5. The number of carbonyl (C=O) groups excluding carboxylic acids is 2. The molecule has 1 atom stereocenters. The number of aromatic nitrogens is 3. The standard InChI is InChI=1S/C32H45F4N5O5Si/c1-45-27-16-23(24(33)19-37-27)26-17-25(39-41(26)20-46-14-15-47(2,3)4)29(43)40-13-8-21(18-30(40)9-5-10-30)28(42)38-22-6-11-31(44,12-7-22)32(34,35)36/h16-17,19,21-22,44H,5-15,18,20H2,1-4H3,(H,38,42)/t21?,22-,31-. The maximum atomic E-state index is 15.1. The molecule has 3 fully saturated rings. The number of nitrogens with one attached hydrogen (secondary N) is 1.